The van der Waals surface area contributed by atoms with Crippen molar-refractivity contribution in [3.05, 3.63) is 29.6 Å². The number of anilines is 1. The van der Waals surface area contributed by atoms with E-state index in [1.54, 1.807) is 6.07 Å². The van der Waals surface area contributed by atoms with Crippen LogP contribution in [0.1, 0.15) is 24.8 Å². The van der Waals surface area contributed by atoms with Gasteiger partial charge in [0.2, 0.25) is 5.91 Å². The highest BCUT2D eigenvalue weighted by Gasteiger charge is 2.35. The van der Waals surface area contributed by atoms with Crippen LogP contribution in [-0.2, 0) is 4.79 Å². The van der Waals surface area contributed by atoms with E-state index < -0.39 is 18.0 Å². The van der Waals surface area contributed by atoms with Gasteiger partial charge < -0.3 is 15.1 Å². The summed E-state index contributed by atoms with van der Waals surface area (Å²) in [6.45, 7) is 1.42. The minimum absolute atomic E-state index is 0.0159. The monoisotopic (exact) mass is 373 g/mol. The van der Waals surface area contributed by atoms with Gasteiger partial charge in [-0.25, -0.2) is 8.78 Å². The normalized spacial score (nSPS) is 23.1. The molecule has 2 saturated heterocycles. The molecule has 2 heterocycles. The van der Waals surface area contributed by atoms with E-state index in [0.717, 1.165) is 12.8 Å². The third kappa shape index (κ3) is 4.53. The zero-order chi connectivity index (χ0) is 19.4. The van der Waals surface area contributed by atoms with Crippen LogP contribution in [0.4, 0.5) is 14.5 Å². The number of amides is 1. The topological polar surface area (TPSA) is 83.2 Å². The van der Waals surface area contributed by atoms with Crippen LogP contribution < -0.4 is 10.2 Å². The van der Waals surface area contributed by atoms with E-state index in [1.807, 2.05) is 17.0 Å². The molecule has 0 radical (unpaired) electrons. The zero-order valence-corrected chi connectivity index (χ0v) is 14.9. The number of carbonyl (C=O) groups is 1. The van der Waals surface area contributed by atoms with Crippen molar-refractivity contribution in [2.45, 2.75) is 37.5 Å². The van der Waals surface area contributed by atoms with E-state index in [-0.39, 0.29) is 31.5 Å². The van der Waals surface area contributed by atoms with E-state index in [9.17, 15) is 13.6 Å². The Morgan fingerprint density at radius 2 is 2.00 bits per heavy atom. The summed E-state index contributed by atoms with van der Waals surface area (Å²) >= 11 is 0. The number of nitrogens with zero attached hydrogens (tertiary/aromatic N) is 4. The fraction of sp³-hybridized carbons (Fsp3) is 0.526. The van der Waals surface area contributed by atoms with Crippen LogP contribution in [0.5, 0.6) is 0 Å². The molecule has 2 aliphatic heterocycles. The lowest BCUT2D eigenvalue weighted by Crippen LogP contribution is -2.47. The minimum atomic E-state index is -1.13. The Balaban J connectivity index is 1.49. The predicted molar refractivity (Wildman–Crippen MR) is 95.0 cm³/mol. The summed E-state index contributed by atoms with van der Waals surface area (Å²) in [5.41, 5.74) is 0.976. The number of hydrogen-bond donors (Lipinski definition) is 1. The summed E-state index contributed by atoms with van der Waals surface area (Å²) in [6, 6.07) is 7.67. The van der Waals surface area contributed by atoms with Gasteiger partial charge in [-0.05, 0) is 31.0 Å². The van der Waals surface area contributed by atoms with Crippen LogP contribution in [0.3, 0.4) is 0 Å². The Kier molecular flexibility index (Phi) is 5.88. The fourth-order valence-electron chi connectivity index (χ4n) is 3.68. The number of benzene rings is 1. The molecule has 1 N–H and O–H groups in total. The van der Waals surface area contributed by atoms with Crippen molar-refractivity contribution in [1.82, 2.24) is 10.2 Å². The number of rotatable bonds is 4. The molecule has 1 aromatic rings. The Morgan fingerprint density at radius 1 is 1.26 bits per heavy atom. The van der Waals surface area contributed by atoms with Gasteiger partial charge in [0.05, 0.1) is 30.8 Å². The first-order valence-corrected chi connectivity index (χ1v) is 9.02. The van der Waals surface area contributed by atoms with Crippen molar-refractivity contribution in [3.63, 3.8) is 0 Å². The standard InChI is InChI=1S/C19H21F2N5O/c20-14-5-13(9-22)6-17(7-14)25-3-1-16(2-4-25)24-11-19(27)26-12-15(21)8-18(26)10-23/h5-7,15-16,18,24H,1-4,8,11-12H2. The quantitative estimate of drug-likeness (QED) is 0.869. The molecule has 1 amide bonds. The molecule has 2 fully saturated rings. The summed E-state index contributed by atoms with van der Waals surface area (Å²) in [5.74, 6) is -0.688. The first-order chi connectivity index (χ1) is 13.0. The first kappa shape index (κ1) is 19.1. The van der Waals surface area contributed by atoms with Gasteiger partial charge in [-0.3, -0.25) is 4.79 Å². The molecule has 2 aliphatic rings. The lowest BCUT2D eigenvalue weighted by atomic mass is 10.0. The van der Waals surface area contributed by atoms with E-state index in [2.05, 4.69) is 5.32 Å². The summed E-state index contributed by atoms with van der Waals surface area (Å²) in [6.07, 6.45) is 0.475. The molecule has 0 aliphatic carbocycles. The van der Waals surface area contributed by atoms with Crippen molar-refractivity contribution in [2.24, 2.45) is 0 Å². The van der Waals surface area contributed by atoms with Crippen LogP contribution in [0.2, 0.25) is 0 Å². The zero-order valence-electron chi connectivity index (χ0n) is 14.9. The van der Waals surface area contributed by atoms with Gasteiger partial charge in [0.1, 0.15) is 18.0 Å². The fourth-order valence-corrected chi connectivity index (χ4v) is 3.68. The molecule has 0 saturated carbocycles. The molecule has 0 bridgehead atoms. The van der Waals surface area contributed by atoms with Crippen LogP contribution in [-0.4, -0.2) is 55.2 Å². The molecule has 6 nitrogen and oxygen atoms in total. The highest BCUT2D eigenvalue weighted by molar-refractivity contribution is 5.79. The maximum absolute atomic E-state index is 13.6. The van der Waals surface area contributed by atoms with E-state index >= 15 is 0 Å². The third-order valence-corrected chi connectivity index (χ3v) is 5.13. The van der Waals surface area contributed by atoms with Gasteiger partial charge in [0, 0.05) is 31.2 Å². The van der Waals surface area contributed by atoms with E-state index in [1.165, 1.54) is 17.0 Å². The van der Waals surface area contributed by atoms with E-state index in [0.29, 0.717) is 24.3 Å². The lowest BCUT2D eigenvalue weighted by Gasteiger charge is -2.34. The van der Waals surface area contributed by atoms with Gasteiger partial charge in [-0.1, -0.05) is 0 Å². The van der Waals surface area contributed by atoms with Crippen LogP contribution >= 0.6 is 0 Å². The molecule has 8 heteroatoms. The van der Waals surface area contributed by atoms with Gasteiger partial charge in [0.25, 0.3) is 0 Å². The maximum Gasteiger partial charge on any atom is 0.237 e. The minimum Gasteiger partial charge on any atom is -0.371 e. The molecular weight excluding hydrogens is 352 g/mol. The SMILES string of the molecule is N#Cc1cc(F)cc(N2CCC(NCC(=O)N3CC(F)CC3C#N)CC2)c1. The van der Waals surface area contributed by atoms with Crippen LogP contribution in [0, 0.1) is 28.5 Å². The molecule has 0 aromatic heterocycles. The van der Waals surface area contributed by atoms with Crippen molar-refractivity contribution in [2.75, 3.05) is 31.1 Å². The van der Waals surface area contributed by atoms with Crippen molar-refractivity contribution < 1.29 is 13.6 Å². The van der Waals surface area contributed by atoms with Crippen LogP contribution in [0.25, 0.3) is 0 Å². The summed E-state index contributed by atoms with van der Waals surface area (Å²) in [4.78, 5) is 15.6. The summed E-state index contributed by atoms with van der Waals surface area (Å²) < 4.78 is 27.0. The molecule has 1 aromatic carbocycles. The molecule has 27 heavy (non-hydrogen) atoms. The number of alkyl halides is 1. The maximum atomic E-state index is 13.6. The van der Waals surface area contributed by atoms with Crippen molar-refractivity contribution in [3.8, 4) is 12.1 Å². The molecule has 142 valence electrons. The second-order valence-electron chi connectivity index (χ2n) is 6.98. The smallest absolute Gasteiger partial charge is 0.237 e. The molecule has 2 unspecified atom stereocenters. The molecular formula is C19H21F2N5O. The van der Waals surface area contributed by atoms with Gasteiger partial charge >= 0.3 is 0 Å². The van der Waals surface area contributed by atoms with E-state index in [4.69, 9.17) is 10.5 Å². The van der Waals surface area contributed by atoms with Crippen molar-refractivity contribution in [1.29, 1.82) is 10.5 Å². The summed E-state index contributed by atoms with van der Waals surface area (Å²) in [7, 11) is 0. The Morgan fingerprint density at radius 3 is 2.67 bits per heavy atom. The Bertz CT molecular complexity index is 779. The highest BCUT2D eigenvalue weighted by atomic mass is 19.1. The van der Waals surface area contributed by atoms with Crippen molar-refractivity contribution >= 4 is 11.6 Å². The number of piperidine rings is 1. The lowest BCUT2D eigenvalue weighted by molar-refractivity contribution is -0.130. The number of hydrogen-bond acceptors (Lipinski definition) is 5. The number of likely N-dealkylation sites (tertiary alicyclic amines) is 1. The average Bonchev–Trinajstić information content (AvgIpc) is 3.07. The second-order valence-corrected chi connectivity index (χ2v) is 6.98. The Labute approximate surface area is 157 Å². The van der Waals surface area contributed by atoms with Crippen LogP contribution in [0.15, 0.2) is 18.2 Å². The number of carbonyl (C=O) groups excluding carboxylic acids is 1. The first-order valence-electron chi connectivity index (χ1n) is 9.02. The number of nitrogens with one attached hydrogen (secondary N) is 1. The number of halogens is 2. The average molecular weight is 373 g/mol. The van der Waals surface area contributed by atoms with Gasteiger partial charge in [0.15, 0.2) is 0 Å². The predicted octanol–water partition coefficient (Wildman–Crippen LogP) is 1.72. The number of nitriles is 2. The highest BCUT2D eigenvalue weighted by Crippen LogP contribution is 2.23. The molecule has 0 spiro atoms. The third-order valence-electron chi connectivity index (χ3n) is 5.13. The van der Waals surface area contributed by atoms with Gasteiger partial charge in [-0.2, -0.15) is 10.5 Å². The second kappa shape index (κ2) is 8.32. The Hall–Kier alpha value is -2.71. The molecule has 3 rings (SSSR count). The largest absolute Gasteiger partial charge is 0.371 e. The van der Waals surface area contributed by atoms with Gasteiger partial charge in [-0.15, -0.1) is 0 Å². The molecule has 2 atom stereocenters. The summed E-state index contributed by atoms with van der Waals surface area (Å²) in [5, 5.41) is 21.2.